The van der Waals surface area contributed by atoms with Gasteiger partial charge in [-0.1, -0.05) is 25.4 Å². The molecule has 0 aromatic carbocycles. The van der Waals surface area contributed by atoms with Gasteiger partial charge in [0.15, 0.2) is 0 Å². The molecule has 0 spiro atoms. The molecule has 5 nitrogen and oxygen atoms in total. The molecule has 0 saturated carbocycles. The number of aromatic nitrogens is 2. The predicted octanol–water partition coefficient (Wildman–Crippen LogP) is 2.72. The maximum absolute atomic E-state index is 11.0. The molecule has 0 amide bonds. The average Bonchev–Trinajstić information content (AvgIpc) is 2.84. The fraction of sp³-hybridized carbons (Fsp3) is 0.714. The van der Waals surface area contributed by atoms with Crippen LogP contribution < -0.4 is 0 Å². The van der Waals surface area contributed by atoms with Crippen LogP contribution in [0, 0.1) is 12.8 Å². The lowest BCUT2D eigenvalue weighted by Gasteiger charge is -2.22. The average molecular weight is 300 g/mol. The van der Waals surface area contributed by atoms with Gasteiger partial charge in [-0.2, -0.15) is 5.10 Å². The van der Waals surface area contributed by atoms with Crippen molar-refractivity contribution in [3.8, 4) is 0 Å². The highest BCUT2D eigenvalue weighted by atomic mass is 35.5. The van der Waals surface area contributed by atoms with Crippen molar-refractivity contribution in [2.45, 2.75) is 46.2 Å². The van der Waals surface area contributed by atoms with Crippen LogP contribution in [0.1, 0.15) is 44.0 Å². The summed E-state index contributed by atoms with van der Waals surface area (Å²) in [5.41, 5.74) is 1.92. The lowest BCUT2D eigenvalue weighted by Crippen LogP contribution is -2.29. The monoisotopic (exact) mass is 299 g/mol. The maximum atomic E-state index is 11.0. The lowest BCUT2D eigenvalue weighted by atomic mass is 10.1. The largest absolute Gasteiger partial charge is 0.480 e. The molecule has 6 heteroatoms. The van der Waals surface area contributed by atoms with Crippen LogP contribution in [0.15, 0.2) is 0 Å². The Balaban J connectivity index is 2.27. The third-order valence-electron chi connectivity index (χ3n) is 3.68. The Labute approximate surface area is 124 Å². The molecule has 0 bridgehead atoms. The minimum Gasteiger partial charge on any atom is -0.480 e. The molecule has 2 heterocycles. The third-order valence-corrected chi connectivity index (χ3v) is 4.08. The van der Waals surface area contributed by atoms with Crippen molar-refractivity contribution in [3.63, 3.8) is 0 Å². The zero-order valence-corrected chi connectivity index (χ0v) is 13.0. The molecular weight excluding hydrogens is 278 g/mol. The molecule has 1 fully saturated rings. The number of rotatable bonds is 5. The fourth-order valence-corrected chi connectivity index (χ4v) is 3.30. The minimum atomic E-state index is -0.791. The number of nitrogens with zero attached hydrogens (tertiary/aromatic N) is 3. The molecule has 112 valence electrons. The number of carboxylic acid groups (broad SMARTS) is 1. The normalized spacial score (nSPS) is 19.9. The molecule has 1 aliphatic rings. The second kappa shape index (κ2) is 6.14. The first-order valence-electron chi connectivity index (χ1n) is 7.08. The summed E-state index contributed by atoms with van der Waals surface area (Å²) in [5.74, 6) is -0.321. The third kappa shape index (κ3) is 3.15. The molecule has 1 aromatic rings. The van der Waals surface area contributed by atoms with E-state index in [-0.39, 0.29) is 12.6 Å². The molecule has 2 rings (SSSR count). The van der Waals surface area contributed by atoms with E-state index < -0.39 is 5.97 Å². The first kappa shape index (κ1) is 15.3. The van der Waals surface area contributed by atoms with Crippen molar-refractivity contribution in [2.75, 3.05) is 13.1 Å². The molecule has 0 radical (unpaired) electrons. The van der Waals surface area contributed by atoms with Gasteiger partial charge in [0, 0.05) is 18.2 Å². The minimum absolute atomic E-state index is 0.0653. The number of carboxylic acids is 1. The Bertz CT molecular complexity index is 499. The van der Waals surface area contributed by atoms with Gasteiger partial charge in [0.05, 0.1) is 12.2 Å². The van der Waals surface area contributed by atoms with E-state index in [1.807, 2.05) is 16.5 Å². The number of hydrogen-bond donors (Lipinski definition) is 1. The van der Waals surface area contributed by atoms with E-state index in [1.165, 1.54) is 0 Å². The molecular formula is C14H22ClN3O2. The maximum Gasteiger partial charge on any atom is 0.317 e. The molecule has 1 aromatic heterocycles. The number of likely N-dealkylation sites (tertiary alicyclic amines) is 1. The van der Waals surface area contributed by atoms with E-state index in [9.17, 15) is 4.79 Å². The van der Waals surface area contributed by atoms with Crippen LogP contribution in [0.5, 0.6) is 0 Å². The van der Waals surface area contributed by atoms with E-state index in [0.29, 0.717) is 11.1 Å². The molecule has 0 aliphatic carbocycles. The Morgan fingerprint density at radius 2 is 2.25 bits per heavy atom. The summed E-state index contributed by atoms with van der Waals surface area (Å²) in [4.78, 5) is 12.9. The Morgan fingerprint density at radius 1 is 1.55 bits per heavy atom. The Kier molecular flexibility index (Phi) is 4.70. The van der Waals surface area contributed by atoms with E-state index in [1.54, 1.807) is 0 Å². The van der Waals surface area contributed by atoms with Gasteiger partial charge < -0.3 is 5.11 Å². The van der Waals surface area contributed by atoms with Gasteiger partial charge in [0.1, 0.15) is 5.15 Å². The van der Waals surface area contributed by atoms with Gasteiger partial charge in [0.25, 0.3) is 0 Å². The number of halogens is 1. The van der Waals surface area contributed by atoms with Crippen molar-refractivity contribution in [1.29, 1.82) is 0 Å². The summed E-state index contributed by atoms with van der Waals surface area (Å²) in [6, 6.07) is 0.0829. The number of carbonyl (C=O) groups is 1. The van der Waals surface area contributed by atoms with Crippen molar-refractivity contribution < 1.29 is 9.90 Å². The van der Waals surface area contributed by atoms with Crippen molar-refractivity contribution in [2.24, 2.45) is 5.92 Å². The summed E-state index contributed by atoms with van der Waals surface area (Å²) < 4.78 is 1.84. The Hall–Kier alpha value is -1.07. The lowest BCUT2D eigenvalue weighted by molar-refractivity contribution is -0.138. The number of aliphatic carboxylic acids is 1. The molecule has 20 heavy (non-hydrogen) atoms. The van der Waals surface area contributed by atoms with Gasteiger partial charge >= 0.3 is 5.97 Å². The van der Waals surface area contributed by atoms with Crippen molar-refractivity contribution in [3.05, 3.63) is 16.4 Å². The van der Waals surface area contributed by atoms with Crippen molar-refractivity contribution >= 4 is 17.6 Å². The van der Waals surface area contributed by atoms with E-state index in [0.717, 1.165) is 37.2 Å². The van der Waals surface area contributed by atoms with Crippen LogP contribution in [-0.4, -0.2) is 38.8 Å². The summed E-state index contributed by atoms with van der Waals surface area (Å²) in [7, 11) is 0. The van der Waals surface area contributed by atoms with Crippen LogP contribution in [0.25, 0.3) is 0 Å². The molecule has 1 unspecified atom stereocenters. The molecule has 1 aliphatic heterocycles. The van der Waals surface area contributed by atoms with E-state index in [2.05, 4.69) is 18.9 Å². The summed E-state index contributed by atoms with van der Waals surface area (Å²) in [6.07, 6.45) is 1.95. The molecule has 1 atom stereocenters. The van der Waals surface area contributed by atoms with Gasteiger partial charge in [-0.05, 0) is 32.2 Å². The first-order chi connectivity index (χ1) is 9.40. The smallest absolute Gasteiger partial charge is 0.317 e. The van der Waals surface area contributed by atoms with Crippen LogP contribution >= 0.6 is 11.6 Å². The second-order valence-corrected chi connectivity index (χ2v) is 6.25. The van der Waals surface area contributed by atoms with Crippen LogP contribution in [0.2, 0.25) is 5.15 Å². The SMILES string of the molecule is Cc1nn(CC(C)C)c(Cl)c1C1CCCN1CC(=O)O. The van der Waals surface area contributed by atoms with Gasteiger partial charge in [-0.3, -0.25) is 14.4 Å². The topological polar surface area (TPSA) is 58.4 Å². The second-order valence-electron chi connectivity index (χ2n) is 5.89. The number of hydrogen-bond acceptors (Lipinski definition) is 3. The zero-order chi connectivity index (χ0) is 14.9. The van der Waals surface area contributed by atoms with Gasteiger partial charge in [-0.15, -0.1) is 0 Å². The first-order valence-corrected chi connectivity index (χ1v) is 7.46. The highest BCUT2D eigenvalue weighted by Crippen LogP contribution is 2.37. The van der Waals surface area contributed by atoms with E-state index >= 15 is 0 Å². The standard InChI is InChI=1S/C14H22ClN3O2/c1-9(2)7-18-14(15)13(10(3)16-18)11-5-4-6-17(11)8-12(19)20/h9,11H,4-8H2,1-3H3,(H,19,20). The van der Waals surface area contributed by atoms with Gasteiger partial charge in [-0.25, -0.2) is 0 Å². The zero-order valence-electron chi connectivity index (χ0n) is 12.3. The van der Waals surface area contributed by atoms with Crippen LogP contribution in [0.4, 0.5) is 0 Å². The van der Waals surface area contributed by atoms with Crippen LogP contribution in [0.3, 0.4) is 0 Å². The Morgan fingerprint density at radius 3 is 2.85 bits per heavy atom. The molecule has 1 N–H and O–H groups in total. The van der Waals surface area contributed by atoms with Gasteiger partial charge in [0.2, 0.25) is 0 Å². The highest BCUT2D eigenvalue weighted by Gasteiger charge is 2.32. The van der Waals surface area contributed by atoms with Crippen molar-refractivity contribution in [1.82, 2.24) is 14.7 Å². The van der Waals surface area contributed by atoms with E-state index in [4.69, 9.17) is 16.7 Å². The highest BCUT2D eigenvalue weighted by molar-refractivity contribution is 6.30. The molecule has 1 saturated heterocycles. The summed E-state index contributed by atoms with van der Waals surface area (Å²) >= 11 is 6.48. The number of aryl methyl sites for hydroxylation is 1. The predicted molar refractivity (Wildman–Crippen MR) is 78.0 cm³/mol. The fourth-order valence-electron chi connectivity index (χ4n) is 2.93. The summed E-state index contributed by atoms with van der Waals surface area (Å²) in [5, 5.41) is 14.2. The summed E-state index contributed by atoms with van der Waals surface area (Å²) in [6.45, 7) is 7.86. The quantitative estimate of drug-likeness (QED) is 0.908. The van der Waals surface area contributed by atoms with Crippen LogP contribution in [-0.2, 0) is 11.3 Å².